The van der Waals surface area contributed by atoms with Crippen LogP contribution in [0, 0.1) is 0 Å². The van der Waals surface area contributed by atoms with Gasteiger partial charge in [-0.3, -0.25) is 9.98 Å². The van der Waals surface area contributed by atoms with Crippen LogP contribution in [0.15, 0.2) is 46.4 Å². The van der Waals surface area contributed by atoms with Crippen molar-refractivity contribution in [1.29, 1.82) is 0 Å². The second-order valence-corrected chi connectivity index (χ2v) is 4.51. The zero-order valence-electron chi connectivity index (χ0n) is 12.0. The minimum absolute atomic E-state index is 0. The molecule has 2 aromatic rings. The molecule has 0 atom stereocenters. The van der Waals surface area contributed by atoms with Crippen LogP contribution in [0.1, 0.15) is 11.1 Å². The number of rotatable bonds is 5. The number of hydrogen-bond acceptors (Lipinski definition) is 6. The van der Waals surface area contributed by atoms with E-state index in [4.69, 9.17) is 10.2 Å². The molecule has 0 unspecified atom stereocenters. The molecule has 0 amide bonds. The van der Waals surface area contributed by atoms with E-state index >= 15 is 0 Å². The Labute approximate surface area is 147 Å². The summed E-state index contributed by atoms with van der Waals surface area (Å²) in [6.45, 7) is 0.728. The van der Waals surface area contributed by atoms with E-state index in [1.807, 2.05) is 0 Å². The minimum Gasteiger partial charge on any atom is -0.872 e. The first-order valence-corrected chi connectivity index (χ1v) is 6.56. The predicted molar refractivity (Wildman–Crippen MR) is 80.0 cm³/mol. The molecule has 0 aliphatic heterocycles. The van der Waals surface area contributed by atoms with Crippen molar-refractivity contribution in [2.24, 2.45) is 9.98 Å². The van der Waals surface area contributed by atoms with Crippen LogP contribution in [0.5, 0.6) is 23.0 Å². The Hall–Kier alpha value is -2.36. The predicted octanol–water partition coefficient (Wildman–Crippen LogP) is 0.780. The molecule has 0 bridgehead atoms. The second-order valence-electron chi connectivity index (χ2n) is 4.51. The van der Waals surface area contributed by atoms with E-state index in [2.05, 4.69) is 9.98 Å². The molecule has 6 nitrogen and oxygen atoms in total. The van der Waals surface area contributed by atoms with E-state index in [1.165, 1.54) is 36.7 Å². The standard InChI is InChI=1S/C16H16N2O4.Pd/c19-13-3-1-11(15(21)7-13)9-17-5-6-18-10-12-2-4-14(20)8-16(12)22;/h1-4,7-10,19-22H,5-6H2;/q;+2/p-2. The molecule has 2 aromatic carbocycles. The van der Waals surface area contributed by atoms with Gasteiger partial charge >= 0.3 is 20.4 Å². The van der Waals surface area contributed by atoms with E-state index < -0.39 is 0 Å². The first-order chi connectivity index (χ1) is 10.6. The van der Waals surface area contributed by atoms with Gasteiger partial charge in [0.15, 0.2) is 0 Å². The van der Waals surface area contributed by atoms with Gasteiger partial charge in [0.2, 0.25) is 0 Å². The van der Waals surface area contributed by atoms with E-state index in [0.717, 1.165) is 12.1 Å². The number of hydrogen-bond donors (Lipinski definition) is 2. The van der Waals surface area contributed by atoms with Gasteiger partial charge in [0, 0.05) is 12.4 Å². The SMILES string of the molecule is [O-]c1cc(O)ccc1C=NCCN=Cc1ccc(O)cc1[O-].[Pd+2]. The molecule has 122 valence electrons. The summed E-state index contributed by atoms with van der Waals surface area (Å²) < 4.78 is 0. The van der Waals surface area contributed by atoms with E-state index in [0.29, 0.717) is 24.2 Å². The third-order valence-electron chi connectivity index (χ3n) is 2.81. The largest absolute Gasteiger partial charge is 2.00 e. The molecular formula is C16H14N2O4Pd. The third-order valence-corrected chi connectivity index (χ3v) is 2.81. The van der Waals surface area contributed by atoms with Crippen LogP contribution in [0.2, 0.25) is 0 Å². The summed E-state index contributed by atoms with van der Waals surface area (Å²) in [6.07, 6.45) is 2.85. The van der Waals surface area contributed by atoms with Crippen molar-refractivity contribution in [3.05, 3.63) is 47.5 Å². The molecule has 0 radical (unpaired) electrons. The zero-order valence-corrected chi connectivity index (χ0v) is 13.5. The van der Waals surface area contributed by atoms with Gasteiger partial charge in [-0.05, 0) is 35.4 Å². The molecule has 0 aliphatic carbocycles. The van der Waals surface area contributed by atoms with Gasteiger partial charge in [0.1, 0.15) is 11.5 Å². The molecule has 23 heavy (non-hydrogen) atoms. The molecular weight excluding hydrogens is 391 g/mol. The minimum atomic E-state index is -0.299. The normalized spacial score (nSPS) is 11.0. The molecule has 0 fully saturated rings. The number of aromatic hydroxyl groups is 2. The summed E-state index contributed by atoms with van der Waals surface area (Å²) >= 11 is 0. The van der Waals surface area contributed by atoms with E-state index in [1.54, 1.807) is 0 Å². The number of aliphatic imine (C=N–C) groups is 2. The van der Waals surface area contributed by atoms with Crippen molar-refractivity contribution in [2.75, 3.05) is 13.1 Å². The van der Waals surface area contributed by atoms with Crippen molar-refractivity contribution in [1.82, 2.24) is 0 Å². The van der Waals surface area contributed by atoms with Crippen molar-refractivity contribution >= 4 is 12.4 Å². The molecule has 0 aromatic heterocycles. The fraction of sp³-hybridized carbons (Fsp3) is 0.125. The van der Waals surface area contributed by atoms with E-state index in [9.17, 15) is 10.2 Å². The van der Waals surface area contributed by atoms with E-state index in [-0.39, 0.29) is 43.4 Å². The van der Waals surface area contributed by atoms with Gasteiger partial charge in [0.05, 0.1) is 13.1 Å². The maximum absolute atomic E-state index is 11.5. The fourth-order valence-electron chi connectivity index (χ4n) is 1.70. The maximum atomic E-state index is 11.5. The third kappa shape index (κ3) is 5.74. The summed E-state index contributed by atoms with van der Waals surface area (Å²) in [5.74, 6) is -0.747. The smallest absolute Gasteiger partial charge is 0.872 e. The maximum Gasteiger partial charge on any atom is 2.00 e. The van der Waals surface area contributed by atoms with Crippen molar-refractivity contribution in [3.8, 4) is 23.0 Å². The first kappa shape index (κ1) is 18.7. The van der Waals surface area contributed by atoms with Gasteiger partial charge < -0.3 is 20.4 Å². The Morgan fingerprint density at radius 2 is 1.17 bits per heavy atom. The monoisotopic (exact) mass is 404 g/mol. The average molecular weight is 405 g/mol. The fourth-order valence-corrected chi connectivity index (χ4v) is 1.70. The molecule has 0 heterocycles. The van der Waals surface area contributed by atoms with Crippen LogP contribution in [-0.4, -0.2) is 35.7 Å². The van der Waals surface area contributed by atoms with Crippen LogP contribution in [0.3, 0.4) is 0 Å². The van der Waals surface area contributed by atoms with Crippen LogP contribution in [-0.2, 0) is 20.4 Å². The molecule has 0 aliphatic rings. The number of benzene rings is 2. The number of nitrogens with zero attached hydrogens (tertiary/aromatic N) is 2. The first-order valence-electron chi connectivity index (χ1n) is 6.56. The molecule has 0 saturated heterocycles. The Kier molecular flexibility index (Phi) is 7.26. The molecule has 0 saturated carbocycles. The summed E-state index contributed by atoms with van der Waals surface area (Å²) in [7, 11) is 0. The summed E-state index contributed by atoms with van der Waals surface area (Å²) in [6, 6.07) is 8.07. The van der Waals surface area contributed by atoms with Crippen LogP contribution in [0.25, 0.3) is 0 Å². The Balaban J connectivity index is 0.00000264. The van der Waals surface area contributed by atoms with Crippen LogP contribution in [0.4, 0.5) is 0 Å². The second kappa shape index (κ2) is 8.93. The Morgan fingerprint density at radius 3 is 1.52 bits per heavy atom. The summed E-state index contributed by atoms with van der Waals surface area (Å²) in [5, 5.41) is 41.2. The zero-order chi connectivity index (χ0) is 15.9. The quantitative estimate of drug-likeness (QED) is 0.436. The number of phenolic OH excluding ortho intramolecular Hbond substituents is 2. The van der Waals surface area contributed by atoms with Gasteiger partial charge in [-0.1, -0.05) is 23.6 Å². The summed E-state index contributed by atoms with van der Waals surface area (Å²) in [5.41, 5.74) is 0.782. The van der Waals surface area contributed by atoms with Gasteiger partial charge in [-0.15, -0.1) is 0 Å². The van der Waals surface area contributed by atoms with Gasteiger partial charge in [0.25, 0.3) is 0 Å². The topological polar surface area (TPSA) is 111 Å². The Bertz CT molecular complexity index is 656. The van der Waals surface area contributed by atoms with Crippen LogP contribution >= 0.6 is 0 Å². The van der Waals surface area contributed by atoms with Crippen LogP contribution < -0.4 is 10.2 Å². The van der Waals surface area contributed by atoms with Crippen molar-refractivity contribution in [3.63, 3.8) is 0 Å². The number of phenols is 2. The molecule has 7 heteroatoms. The molecule has 2 rings (SSSR count). The van der Waals surface area contributed by atoms with Crippen molar-refractivity contribution < 1.29 is 40.8 Å². The van der Waals surface area contributed by atoms with Gasteiger partial charge in [-0.25, -0.2) is 0 Å². The Morgan fingerprint density at radius 1 is 0.783 bits per heavy atom. The van der Waals surface area contributed by atoms with Gasteiger partial charge in [-0.2, -0.15) is 0 Å². The summed E-state index contributed by atoms with van der Waals surface area (Å²) in [4.78, 5) is 8.12. The molecule has 2 N–H and O–H groups in total. The average Bonchev–Trinajstić information content (AvgIpc) is 2.46. The van der Waals surface area contributed by atoms with Crippen molar-refractivity contribution in [2.45, 2.75) is 0 Å². The molecule has 0 spiro atoms.